The first kappa shape index (κ1) is 18.4. The molecular formula is C31H21NO. The van der Waals surface area contributed by atoms with Gasteiger partial charge in [-0.1, -0.05) is 84.9 Å². The van der Waals surface area contributed by atoms with E-state index >= 15 is 0 Å². The van der Waals surface area contributed by atoms with Gasteiger partial charge in [-0.15, -0.1) is 0 Å². The molecule has 0 N–H and O–H groups in total. The average Bonchev–Trinajstić information content (AvgIpc) is 3.03. The van der Waals surface area contributed by atoms with Crippen LogP contribution in [-0.4, -0.2) is 4.98 Å². The molecule has 2 aliphatic rings. The molecule has 0 saturated heterocycles. The van der Waals surface area contributed by atoms with E-state index in [1.807, 2.05) is 12.3 Å². The number of hydrogen-bond acceptors (Lipinski definition) is 2. The fourth-order valence-electron chi connectivity index (χ4n) is 5.68. The molecule has 0 saturated carbocycles. The molecule has 1 aliphatic heterocycles. The number of fused-ring (bicyclic) bond motifs is 8. The van der Waals surface area contributed by atoms with Gasteiger partial charge in [-0.3, -0.25) is 4.98 Å². The fraction of sp³-hybridized carbons (Fsp3) is 0.0645. The zero-order chi connectivity index (χ0) is 22.0. The predicted octanol–water partition coefficient (Wildman–Crippen LogP) is 7.48. The smallest absolute Gasteiger partial charge is 0.140 e. The van der Waals surface area contributed by atoms with Crippen LogP contribution < -0.4 is 4.74 Å². The van der Waals surface area contributed by atoms with Gasteiger partial charge in [0.25, 0.3) is 0 Å². The highest BCUT2D eigenvalue weighted by atomic mass is 16.5. The predicted molar refractivity (Wildman–Crippen MR) is 134 cm³/mol. The molecule has 33 heavy (non-hydrogen) atoms. The number of hydrogen-bond donors (Lipinski definition) is 0. The van der Waals surface area contributed by atoms with E-state index in [0.29, 0.717) is 0 Å². The Morgan fingerprint density at radius 3 is 2.24 bits per heavy atom. The van der Waals surface area contributed by atoms with Gasteiger partial charge in [0.05, 0.1) is 11.1 Å². The second-order valence-electron chi connectivity index (χ2n) is 8.90. The van der Waals surface area contributed by atoms with Crippen molar-refractivity contribution >= 4 is 22.1 Å². The Morgan fingerprint density at radius 1 is 0.667 bits per heavy atom. The van der Waals surface area contributed by atoms with Crippen LogP contribution in [0.1, 0.15) is 29.3 Å². The minimum atomic E-state index is -0.429. The lowest BCUT2D eigenvalue weighted by Gasteiger charge is -2.30. The van der Waals surface area contributed by atoms with Gasteiger partial charge in [0.1, 0.15) is 11.5 Å². The van der Waals surface area contributed by atoms with Gasteiger partial charge in [0.15, 0.2) is 0 Å². The van der Waals surface area contributed by atoms with E-state index in [9.17, 15) is 0 Å². The Morgan fingerprint density at radius 2 is 1.39 bits per heavy atom. The van der Waals surface area contributed by atoms with Gasteiger partial charge in [-0.25, -0.2) is 0 Å². The van der Waals surface area contributed by atoms with Crippen LogP contribution in [0.25, 0.3) is 33.2 Å². The van der Waals surface area contributed by atoms with Crippen LogP contribution in [0.2, 0.25) is 0 Å². The van der Waals surface area contributed by atoms with Crippen molar-refractivity contribution in [2.45, 2.75) is 12.3 Å². The highest BCUT2D eigenvalue weighted by Crippen LogP contribution is 2.58. The zero-order valence-electron chi connectivity index (χ0n) is 18.2. The summed E-state index contributed by atoms with van der Waals surface area (Å²) < 4.78 is 6.87. The monoisotopic (exact) mass is 423 g/mol. The quantitative estimate of drug-likeness (QED) is 0.279. The van der Waals surface area contributed by atoms with E-state index in [-0.39, 0.29) is 0 Å². The van der Waals surface area contributed by atoms with E-state index in [2.05, 4.69) is 104 Å². The zero-order valence-corrected chi connectivity index (χ0v) is 18.2. The van der Waals surface area contributed by atoms with Crippen LogP contribution in [0.4, 0.5) is 0 Å². The fourth-order valence-corrected chi connectivity index (χ4v) is 5.68. The number of allylic oxidation sites excluding steroid dienone is 1. The maximum Gasteiger partial charge on any atom is 0.140 e. The maximum atomic E-state index is 6.87. The summed E-state index contributed by atoms with van der Waals surface area (Å²) in [6.07, 6.45) is 1.88. The van der Waals surface area contributed by atoms with Gasteiger partial charge in [0, 0.05) is 22.9 Å². The van der Waals surface area contributed by atoms with Crippen molar-refractivity contribution in [2.24, 2.45) is 0 Å². The first-order valence-corrected chi connectivity index (χ1v) is 11.3. The van der Waals surface area contributed by atoms with E-state index in [4.69, 9.17) is 9.72 Å². The van der Waals surface area contributed by atoms with Crippen LogP contribution in [0.5, 0.6) is 5.75 Å². The van der Waals surface area contributed by atoms with Crippen molar-refractivity contribution in [3.05, 3.63) is 132 Å². The molecule has 1 unspecified atom stereocenters. The lowest BCUT2D eigenvalue weighted by atomic mass is 9.72. The second-order valence-corrected chi connectivity index (χ2v) is 8.90. The highest BCUT2D eigenvalue weighted by molar-refractivity contribution is 6.10. The molecule has 4 aromatic carbocycles. The van der Waals surface area contributed by atoms with Gasteiger partial charge < -0.3 is 4.74 Å². The standard InChI is InChI=1S/C31H21NO/c1-31(27-16-8-9-19-32-27)25-15-7-6-14-24(25)30-29(31)23-13-5-4-12-22(23)28-21-11-3-2-10-20(21)17-18-26(28)33-30/h2-19H,1H3. The summed E-state index contributed by atoms with van der Waals surface area (Å²) in [4.78, 5) is 4.84. The SMILES string of the molecule is CC1(c2ccccn2)C2=C(Oc3ccc4ccccc4c3-c3ccccc32)c2ccccc21. The molecule has 0 bridgehead atoms. The Bertz CT molecular complexity index is 1600. The number of nitrogens with zero attached hydrogens (tertiary/aromatic N) is 1. The Balaban J connectivity index is 1.63. The Hall–Kier alpha value is -4.17. The van der Waals surface area contributed by atoms with Crippen LogP contribution in [0.3, 0.4) is 0 Å². The third-order valence-electron chi connectivity index (χ3n) is 7.18. The normalized spacial score (nSPS) is 18.1. The first-order valence-electron chi connectivity index (χ1n) is 11.3. The molecular weight excluding hydrogens is 402 g/mol. The summed E-state index contributed by atoms with van der Waals surface area (Å²) in [6.45, 7) is 2.28. The Labute approximate surface area is 192 Å². The summed E-state index contributed by atoms with van der Waals surface area (Å²) in [5.74, 6) is 1.83. The van der Waals surface area contributed by atoms with Crippen molar-refractivity contribution in [3.8, 4) is 16.9 Å². The van der Waals surface area contributed by atoms with Crippen molar-refractivity contribution in [1.29, 1.82) is 0 Å². The van der Waals surface area contributed by atoms with Crippen LogP contribution in [0.15, 0.2) is 109 Å². The number of benzene rings is 4. The number of pyridine rings is 1. The van der Waals surface area contributed by atoms with E-state index < -0.39 is 5.41 Å². The first-order chi connectivity index (χ1) is 16.3. The van der Waals surface area contributed by atoms with E-state index in [1.165, 1.54) is 33.0 Å². The molecule has 0 spiro atoms. The van der Waals surface area contributed by atoms with E-state index in [1.54, 1.807) is 0 Å². The highest BCUT2D eigenvalue weighted by Gasteiger charge is 2.47. The van der Waals surface area contributed by atoms with Gasteiger partial charge in [-0.2, -0.15) is 0 Å². The molecule has 2 heteroatoms. The molecule has 2 heterocycles. The molecule has 0 radical (unpaired) electrons. The minimum absolute atomic E-state index is 0.429. The minimum Gasteiger partial charge on any atom is -0.456 e. The van der Waals surface area contributed by atoms with Crippen molar-refractivity contribution < 1.29 is 4.74 Å². The number of aromatic nitrogens is 1. The van der Waals surface area contributed by atoms with Gasteiger partial charge in [0.2, 0.25) is 0 Å². The number of rotatable bonds is 1. The maximum absolute atomic E-state index is 6.87. The average molecular weight is 424 g/mol. The van der Waals surface area contributed by atoms with Gasteiger partial charge in [-0.05, 0) is 52.6 Å². The molecule has 7 rings (SSSR count). The summed E-state index contributed by atoms with van der Waals surface area (Å²) in [5, 5.41) is 2.42. The Kier molecular flexibility index (Phi) is 3.72. The van der Waals surface area contributed by atoms with Crippen molar-refractivity contribution in [1.82, 2.24) is 4.98 Å². The molecule has 1 aliphatic carbocycles. The summed E-state index contributed by atoms with van der Waals surface area (Å²) in [5.41, 5.74) is 7.69. The third-order valence-corrected chi connectivity index (χ3v) is 7.18. The van der Waals surface area contributed by atoms with Gasteiger partial charge >= 0.3 is 0 Å². The van der Waals surface area contributed by atoms with Crippen molar-refractivity contribution in [2.75, 3.05) is 0 Å². The van der Waals surface area contributed by atoms with E-state index in [0.717, 1.165) is 28.3 Å². The summed E-state index contributed by atoms with van der Waals surface area (Å²) >= 11 is 0. The largest absolute Gasteiger partial charge is 0.456 e. The molecule has 1 atom stereocenters. The lowest BCUT2D eigenvalue weighted by Crippen LogP contribution is -2.25. The molecule has 1 aromatic heterocycles. The van der Waals surface area contributed by atoms with Crippen molar-refractivity contribution in [3.63, 3.8) is 0 Å². The summed E-state index contributed by atoms with van der Waals surface area (Å²) in [6, 6.07) is 36.3. The molecule has 2 nitrogen and oxygen atoms in total. The molecule has 5 aromatic rings. The summed E-state index contributed by atoms with van der Waals surface area (Å²) in [7, 11) is 0. The van der Waals surface area contributed by atoms with Crippen LogP contribution in [0, 0.1) is 0 Å². The molecule has 0 fully saturated rings. The van der Waals surface area contributed by atoms with Crippen LogP contribution >= 0.6 is 0 Å². The number of ether oxygens (including phenoxy) is 1. The topological polar surface area (TPSA) is 22.1 Å². The molecule has 0 amide bonds. The third kappa shape index (κ3) is 2.41. The molecule has 156 valence electrons. The van der Waals surface area contributed by atoms with Crippen LogP contribution in [-0.2, 0) is 5.41 Å². The lowest BCUT2D eigenvalue weighted by molar-refractivity contribution is 0.521. The second kappa shape index (κ2) is 6.66.